The molecule has 1 heterocycles. The highest BCUT2D eigenvalue weighted by atomic mass is 19.1. The van der Waals surface area contributed by atoms with E-state index in [1.165, 1.54) is 18.3 Å². The second-order valence-electron chi connectivity index (χ2n) is 3.96. The van der Waals surface area contributed by atoms with Gasteiger partial charge in [0.1, 0.15) is 17.7 Å². The van der Waals surface area contributed by atoms with E-state index in [9.17, 15) is 9.50 Å². The fourth-order valence-electron chi connectivity index (χ4n) is 1.62. The lowest BCUT2D eigenvalue weighted by atomic mass is 10.1. The van der Waals surface area contributed by atoms with Gasteiger partial charge >= 0.3 is 0 Å². The Labute approximate surface area is 110 Å². The van der Waals surface area contributed by atoms with Gasteiger partial charge in [0.25, 0.3) is 0 Å². The highest BCUT2D eigenvalue weighted by Crippen LogP contribution is 2.17. The molecule has 2 rings (SSSR count). The SMILES string of the molecule is N#Cc1ccc(NCC(O)c2ccccc2F)nc1. The largest absolute Gasteiger partial charge is 0.386 e. The van der Waals surface area contributed by atoms with E-state index in [-0.39, 0.29) is 12.1 Å². The summed E-state index contributed by atoms with van der Waals surface area (Å²) in [6, 6.07) is 11.3. The van der Waals surface area contributed by atoms with Crippen LogP contribution in [0.15, 0.2) is 42.6 Å². The van der Waals surface area contributed by atoms with Gasteiger partial charge < -0.3 is 10.4 Å². The van der Waals surface area contributed by atoms with E-state index in [0.717, 1.165) is 0 Å². The van der Waals surface area contributed by atoms with Crippen molar-refractivity contribution in [2.75, 3.05) is 11.9 Å². The summed E-state index contributed by atoms with van der Waals surface area (Å²) in [4.78, 5) is 4.00. The Kier molecular flexibility index (Phi) is 4.06. The quantitative estimate of drug-likeness (QED) is 0.881. The molecule has 0 aliphatic carbocycles. The molecule has 0 bridgehead atoms. The molecule has 0 fully saturated rings. The van der Waals surface area contributed by atoms with E-state index in [2.05, 4.69) is 10.3 Å². The maximum Gasteiger partial charge on any atom is 0.129 e. The summed E-state index contributed by atoms with van der Waals surface area (Å²) in [6.45, 7) is 0.139. The Bertz CT molecular complexity index is 592. The van der Waals surface area contributed by atoms with Gasteiger partial charge in [0.05, 0.1) is 11.7 Å². The number of pyridine rings is 1. The third kappa shape index (κ3) is 3.27. The van der Waals surface area contributed by atoms with Gasteiger partial charge in [-0.25, -0.2) is 9.37 Å². The third-order valence-electron chi connectivity index (χ3n) is 2.63. The fourth-order valence-corrected chi connectivity index (χ4v) is 1.62. The molecule has 5 heteroatoms. The predicted octanol–water partition coefficient (Wildman–Crippen LogP) is 2.24. The zero-order valence-corrected chi connectivity index (χ0v) is 10.0. The molecule has 19 heavy (non-hydrogen) atoms. The molecule has 4 nitrogen and oxygen atoms in total. The number of rotatable bonds is 4. The van der Waals surface area contributed by atoms with Gasteiger partial charge in [-0.3, -0.25) is 0 Å². The minimum Gasteiger partial charge on any atom is -0.386 e. The van der Waals surface area contributed by atoms with Crippen LogP contribution in [0.1, 0.15) is 17.2 Å². The zero-order chi connectivity index (χ0) is 13.7. The monoisotopic (exact) mass is 257 g/mol. The topological polar surface area (TPSA) is 68.9 Å². The summed E-state index contributed by atoms with van der Waals surface area (Å²) < 4.78 is 13.4. The van der Waals surface area contributed by atoms with E-state index >= 15 is 0 Å². The lowest BCUT2D eigenvalue weighted by Crippen LogP contribution is -2.14. The van der Waals surface area contributed by atoms with Crippen molar-refractivity contribution in [3.05, 3.63) is 59.5 Å². The van der Waals surface area contributed by atoms with Gasteiger partial charge in [-0.05, 0) is 18.2 Å². The average Bonchev–Trinajstić information content (AvgIpc) is 2.46. The Balaban J connectivity index is 1.98. The van der Waals surface area contributed by atoms with Gasteiger partial charge in [-0.15, -0.1) is 0 Å². The molecule has 1 aromatic heterocycles. The lowest BCUT2D eigenvalue weighted by Gasteiger charge is -2.13. The molecule has 0 aliphatic rings. The predicted molar refractivity (Wildman–Crippen MR) is 68.8 cm³/mol. The number of aliphatic hydroxyl groups is 1. The van der Waals surface area contributed by atoms with Crippen LogP contribution in [0, 0.1) is 17.1 Å². The van der Waals surface area contributed by atoms with Crippen molar-refractivity contribution < 1.29 is 9.50 Å². The van der Waals surface area contributed by atoms with Crippen LogP contribution in [0.5, 0.6) is 0 Å². The summed E-state index contributed by atoms with van der Waals surface area (Å²) in [7, 11) is 0. The lowest BCUT2D eigenvalue weighted by molar-refractivity contribution is 0.186. The van der Waals surface area contributed by atoms with Crippen LogP contribution in [-0.2, 0) is 0 Å². The number of nitriles is 1. The molecule has 0 spiro atoms. The summed E-state index contributed by atoms with van der Waals surface area (Å²) in [6.07, 6.45) is 0.469. The smallest absolute Gasteiger partial charge is 0.129 e. The van der Waals surface area contributed by atoms with Gasteiger partial charge in [0.2, 0.25) is 0 Å². The molecule has 2 N–H and O–H groups in total. The van der Waals surface area contributed by atoms with Crippen molar-refractivity contribution in [3.63, 3.8) is 0 Å². The van der Waals surface area contributed by atoms with Gasteiger partial charge in [0, 0.05) is 18.3 Å². The molecular weight excluding hydrogens is 245 g/mol. The van der Waals surface area contributed by atoms with Crippen LogP contribution in [0.4, 0.5) is 10.2 Å². The fraction of sp³-hybridized carbons (Fsp3) is 0.143. The van der Waals surface area contributed by atoms with Crippen molar-refractivity contribution in [2.45, 2.75) is 6.10 Å². The third-order valence-corrected chi connectivity index (χ3v) is 2.63. The number of hydrogen-bond donors (Lipinski definition) is 2. The minimum absolute atomic E-state index is 0.139. The molecule has 1 aromatic carbocycles. The molecule has 2 aromatic rings. The normalized spacial score (nSPS) is 11.6. The maximum atomic E-state index is 13.4. The van der Waals surface area contributed by atoms with Crippen LogP contribution in [0.2, 0.25) is 0 Å². The van der Waals surface area contributed by atoms with Gasteiger partial charge in [0.15, 0.2) is 0 Å². The van der Waals surface area contributed by atoms with E-state index in [1.54, 1.807) is 24.3 Å². The number of benzene rings is 1. The Hall–Kier alpha value is -2.45. The molecule has 0 saturated heterocycles. The molecule has 1 unspecified atom stereocenters. The Morgan fingerprint density at radius 3 is 2.74 bits per heavy atom. The highest BCUT2D eigenvalue weighted by molar-refractivity contribution is 5.39. The Morgan fingerprint density at radius 1 is 1.32 bits per heavy atom. The van der Waals surface area contributed by atoms with Crippen LogP contribution in [0.3, 0.4) is 0 Å². The molecule has 1 atom stereocenters. The van der Waals surface area contributed by atoms with E-state index in [1.807, 2.05) is 6.07 Å². The van der Waals surface area contributed by atoms with Crippen molar-refractivity contribution >= 4 is 5.82 Å². The van der Waals surface area contributed by atoms with Crippen LogP contribution in [0.25, 0.3) is 0 Å². The number of nitrogens with zero attached hydrogens (tertiary/aromatic N) is 2. The van der Waals surface area contributed by atoms with E-state index < -0.39 is 11.9 Å². The average molecular weight is 257 g/mol. The zero-order valence-electron chi connectivity index (χ0n) is 10.0. The number of hydrogen-bond acceptors (Lipinski definition) is 4. The first-order chi connectivity index (χ1) is 9.20. The van der Waals surface area contributed by atoms with E-state index in [4.69, 9.17) is 5.26 Å². The first kappa shape index (κ1) is 13.0. The molecule has 0 radical (unpaired) electrons. The van der Waals surface area contributed by atoms with E-state index in [0.29, 0.717) is 11.4 Å². The first-order valence-electron chi connectivity index (χ1n) is 5.73. The molecule has 96 valence electrons. The van der Waals surface area contributed by atoms with Crippen LogP contribution in [-0.4, -0.2) is 16.6 Å². The number of aromatic nitrogens is 1. The molecule has 0 aliphatic heterocycles. The number of anilines is 1. The number of aliphatic hydroxyl groups excluding tert-OH is 1. The number of nitrogens with one attached hydrogen (secondary N) is 1. The summed E-state index contributed by atoms with van der Waals surface area (Å²) in [5.74, 6) is 0.0824. The Morgan fingerprint density at radius 2 is 2.11 bits per heavy atom. The van der Waals surface area contributed by atoms with Crippen molar-refractivity contribution in [1.29, 1.82) is 5.26 Å². The van der Waals surface area contributed by atoms with Gasteiger partial charge in [-0.2, -0.15) is 5.26 Å². The molecule has 0 saturated carbocycles. The maximum absolute atomic E-state index is 13.4. The number of halogens is 1. The second kappa shape index (κ2) is 5.94. The summed E-state index contributed by atoms with van der Waals surface area (Å²) in [5, 5.41) is 21.4. The standard InChI is InChI=1S/C14H12FN3O/c15-12-4-2-1-3-11(12)13(19)9-18-14-6-5-10(7-16)8-17-14/h1-6,8,13,19H,9H2,(H,17,18). The second-order valence-corrected chi connectivity index (χ2v) is 3.96. The van der Waals surface area contributed by atoms with Crippen molar-refractivity contribution in [3.8, 4) is 6.07 Å². The molecule has 0 amide bonds. The minimum atomic E-state index is -0.960. The van der Waals surface area contributed by atoms with Crippen LogP contribution >= 0.6 is 0 Å². The van der Waals surface area contributed by atoms with Crippen LogP contribution < -0.4 is 5.32 Å². The van der Waals surface area contributed by atoms with Gasteiger partial charge in [-0.1, -0.05) is 18.2 Å². The summed E-state index contributed by atoms with van der Waals surface area (Å²) >= 11 is 0. The molecular formula is C14H12FN3O. The summed E-state index contributed by atoms with van der Waals surface area (Å²) in [5.41, 5.74) is 0.698. The van der Waals surface area contributed by atoms with Crippen molar-refractivity contribution in [1.82, 2.24) is 4.98 Å². The highest BCUT2D eigenvalue weighted by Gasteiger charge is 2.11. The first-order valence-corrected chi connectivity index (χ1v) is 5.73. The van der Waals surface area contributed by atoms with Crippen molar-refractivity contribution in [2.24, 2.45) is 0 Å².